The summed E-state index contributed by atoms with van der Waals surface area (Å²) in [5.41, 5.74) is 2.88. The van der Waals surface area contributed by atoms with E-state index in [1.807, 2.05) is 17.7 Å². The standard InChI is InChI=1S/C14H19BrN2O2/c1-4-11-14(15)12(17(5-2)16-11)7-13(18)10-6-9(3)19-8-10/h6,8,13,18H,4-5,7H2,1-3H3. The van der Waals surface area contributed by atoms with Gasteiger partial charge in [-0.2, -0.15) is 5.10 Å². The van der Waals surface area contributed by atoms with Crippen molar-refractivity contribution < 1.29 is 9.52 Å². The maximum absolute atomic E-state index is 10.3. The smallest absolute Gasteiger partial charge is 0.101 e. The van der Waals surface area contributed by atoms with Gasteiger partial charge in [-0.05, 0) is 42.3 Å². The van der Waals surface area contributed by atoms with Gasteiger partial charge in [-0.25, -0.2) is 0 Å². The molecule has 0 amide bonds. The Balaban J connectivity index is 2.25. The quantitative estimate of drug-likeness (QED) is 0.916. The van der Waals surface area contributed by atoms with E-state index < -0.39 is 6.10 Å². The van der Waals surface area contributed by atoms with E-state index in [9.17, 15) is 5.11 Å². The van der Waals surface area contributed by atoms with E-state index in [0.717, 1.165) is 40.1 Å². The van der Waals surface area contributed by atoms with Crippen molar-refractivity contribution in [3.8, 4) is 0 Å². The zero-order valence-corrected chi connectivity index (χ0v) is 13.1. The Kier molecular flexibility index (Phi) is 4.47. The van der Waals surface area contributed by atoms with Crippen LogP contribution in [0.2, 0.25) is 0 Å². The van der Waals surface area contributed by atoms with Crippen LogP contribution < -0.4 is 0 Å². The Bertz CT molecular complexity index is 560. The first-order chi connectivity index (χ1) is 9.06. The molecule has 0 aliphatic carbocycles. The van der Waals surface area contributed by atoms with Gasteiger partial charge < -0.3 is 9.52 Å². The second-order valence-corrected chi connectivity index (χ2v) is 5.38. The van der Waals surface area contributed by atoms with Crippen molar-refractivity contribution in [1.29, 1.82) is 0 Å². The number of hydrogen-bond donors (Lipinski definition) is 1. The number of rotatable bonds is 5. The number of nitrogens with zero attached hydrogens (tertiary/aromatic N) is 2. The number of aliphatic hydroxyl groups is 1. The zero-order valence-electron chi connectivity index (χ0n) is 11.5. The van der Waals surface area contributed by atoms with Crippen LogP contribution in [-0.2, 0) is 19.4 Å². The Hall–Kier alpha value is -1.07. The van der Waals surface area contributed by atoms with E-state index >= 15 is 0 Å². The topological polar surface area (TPSA) is 51.2 Å². The molecule has 0 aliphatic rings. The zero-order chi connectivity index (χ0) is 14.0. The first-order valence-electron chi connectivity index (χ1n) is 6.53. The Morgan fingerprint density at radius 2 is 2.21 bits per heavy atom. The van der Waals surface area contributed by atoms with Crippen molar-refractivity contribution in [3.05, 3.63) is 39.5 Å². The summed E-state index contributed by atoms with van der Waals surface area (Å²) >= 11 is 3.59. The monoisotopic (exact) mass is 326 g/mol. The third kappa shape index (κ3) is 2.92. The van der Waals surface area contributed by atoms with E-state index in [2.05, 4.69) is 34.9 Å². The first kappa shape index (κ1) is 14.3. The number of aliphatic hydroxyl groups excluding tert-OH is 1. The lowest BCUT2D eigenvalue weighted by atomic mass is 10.1. The van der Waals surface area contributed by atoms with Gasteiger partial charge in [0.25, 0.3) is 0 Å². The number of hydrogen-bond acceptors (Lipinski definition) is 3. The first-order valence-corrected chi connectivity index (χ1v) is 7.33. The molecule has 5 heteroatoms. The lowest BCUT2D eigenvalue weighted by molar-refractivity contribution is 0.174. The van der Waals surface area contributed by atoms with Crippen LogP contribution in [0.5, 0.6) is 0 Å². The summed E-state index contributed by atoms with van der Waals surface area (Å²) in [6.45, 7) is 6.80. The van der Waals surface area contributed by atoms with E-state index in [1.165, 1.54) is 0 Å². The lowest BCUT2D eigenvalue weighted by Gasteiger charge is -2.10. The fourth-order valence-electron chi connectivity index (χ4n) is 2.15. The molecular formula is C14H19BrN2O2. The van der Waals surface area contributed by atoms with Gasteiger partial charge >= 0.3 is 0 Å². The van der Waals surface area contributed by atoms with Gasteiger partial charge in [0.05, 0.1) is 28.2 Å². The molecule has 0 saturated heterocycles. The number of halogens is 1. The van der Waals surface area contributed by atoms with E-state index in [-0.39, 0.29) is 0 Å². The number of aromatic nitrogens is 2. The number of furan rings is 1. The maximum atomic E-state index is 10.3. The summed E-state index contributed by atoms with van der Waals surface area (Å²) in [4.78, 5) is 0. The van der Waals surface area contributed by atoms with Crippen LogP contribution in [0.15, 0.2) is 21.2 Å². The molecule has 0 fully saturated rings. The molecule has 2 heterocycles. The Labute approximate surface area is 121 Å². The SMILES string of the molecule is CCc1nn(CC)c(CC(O)c2coc(C)c2)c1Br. The highest BCUT2D eigenvalue weighted by Crippen LogP contribution is 2.28. The second-order valence-electron chi connectivity index (χ2n) is 4.59. The molecule has 19 heavy (non-hydrogen) atoms. The van der Waals surface area contributed by atoms with Gasteiger partial charge in [-0.1, -0.05) is 6.92 Å². The van der Waals surface area contributed by atoms with Gasteiger partial charge in [0.2, 0.25) is 0 Å². The van der Waals surface area contributed by atoms with E-state index in [0.29, 0.717) is 6.42 Å². The van der Waals surface area contributed by atoms with E-state index in [4.69, 9.17) is 4.42 Å². The average Bonchev–Trinajstić information content (AvgIpc) is 2.95. The van der Waals surface area contributed by atoms with Gasteiger partial charge in [0, 0.05) is 18.5 Å². The molecule has 0 aliphatic heterocycles. The minimum atomic E-state index is -0.569. The molecule has 0 saturated carbocycles. The molecule has 1 N–H and O–H groups in total. The fraction of sp³-hybridized carbons (Fsp3) is 0.500. The predicted molar refractivity (Wildman–Crippen MR) is 77.1 cm³/mol. The minimum absolute atomic E-state index is 0.528. The third-order valence-electron chi connectivity index (χ3n) is 3.22. The summed E-state index contributed by atoms with van der Waals surface area (Å²) < 4.78 is 8.20. The van der Waals surface area contributed by atoms with Crippen LogP contribution >= 0.6 is 15.9 Å². The minimum Gasteiger partial charge on any atom is -0.469 e. The van der Waals surface area contributed by atoms with Crippen molar-refractivity contribution in [2.24, 2.45) is 0 Å². The average molecular weight is 327 g/mol. The van der Waals surface area contributed by atoms with Crippen molar-refractivity contribution in [2.45, 2.75) is 46.3 Å². The molecular weight excluding hydrogens is 308 g/mol. The van der Waals surface area contributed by atoms with Gasteiger partial charge in [0.15, 0.2) is 0 Å². The van der Waals surface area contributed by atoms with Gasteiger partial charge in [0.1, 0.15) is 5.76 Å². The third-order valence-corrected chi connectivity index (χ3v) is 4.13. The second kappa shape index (κ2) is 5.92. The summed E-state index contributed by atoms with van der Waals surface area (Å²) in [6, 6.07) is 1.87. The molecule has 1 unspecified atom stereocenters. The van der Waals surface area contributed by atoms with Crippen LogP contribution in [-0.4, -0.2) is 14.9 Å². The summed E-state index contributed by atoms with van der Waals surface area (Å²) in [5.74, 6) is 0.811. The fourth-order valence-corrected chi connectivity index (χ4v) is 2.88. The van der Waals surface area contributed by atoms with Crippen molar-refractivity contribution >= 4 is 15.9 Å². The molecule has 0 radical (unpaired) electrons. The van der Waals surface area contributed by atoms with Crippen molar-refractivity contribution in [3.63, 3.8) is 0 Å². The highest BCUT2D eigenvalue weighted by molar-refractivity contribution is 9.10. The van der Waals surface area contributed by atoms with Crippen LogP contribution in [0.3, 0.4) is 0 Å². The molecule has 2 rings (SSSR count). The largest absolute Gasteiger partial charge is 0.469 e. The highest BCUT2D eigenvalue weighted by Gasteiger charge is 2.19. The molecule has 0 spiro atoms. The molecule has 104 valence electrons. The highest BCUT2D eigenvalue weighted by atomic mass is 79.9. The van der Waals surface area contributed by atoms with Crippen LogP contribution in [0.4, 0.5) is 0 Å². The predicted octanol–water partition coefficient (Wildman–Crippen LogP) is 3.41. The Morgan fingerprint density at radius 3 is 2.74 bits per heavy atom. The van der Waals surface area contributed by atoms with Crippen LogP contribution in [0.25, 0.3) is 0 Å². The Morgan fingerprint density at radius 1 is 1.47 bits per heavy atom. The molecule has 0 aromatic carbocycles. The molecule has 1 atom stereocenters. The summed E-state index contributed by atoms with van der Waals surface area (Å²) in [7, 11) is 0. The normalized spacial score (nSPS) is 12.9. The van der Waals surface area contributed by atoms with E-state index in [1.54, 1.807) is 6.26 Å². The molecule has 2 aromatic heterocycles. The lowest BCUT2D eigenvalue weighted by Crippen LogP contribution is -2.08. The molecule has 4 nitrogen and oxygen atoms in total. The van der Waals surface area contributed by atoms with Gasteiger partial charge in [-0.3, -0.25) is 4.68 Å². The van der Waals surface area contributed by atoms with Crippen molar-refractivity contribution in [2.75, 3.05) is 0 Å². The summed E-state index contributed by atoms with van der Waals surface area (Å²) in [5, 5.41) is 14.8. The number of aryl methyl sites for hydroxylation is 3. The van der Waals surface area contributed by atoms with Gasteiger partial charge in [-0.15, -0.1) is 0 Å². The molecule has 0 bridgehead atoms. The van der Waals surface area contributed by atoms with Crippen molar-refractivity contribution in [1.82, 2.24) is 9.78 Å². The summed E-state index contributed by atoms with van der Waals surface area (Å²) in [6.07, 6.45) is 2.45. The van der Waals surface area contributed by atoms with Crippen LogP contribution in [0.1, 0.15) is 42.7 Å². The maximum Gasteiger partial charge on any atom is 0.101 e. The molecule has 2 aromatic rings. The van der Waals surface area contributed by atoms with Crippen LogP contribution in [0, 0.1) is 6.92 Å².